The predicted octanol–water partition coefficient (Wildman–Crippen LogP) is 2.26. The summed E-state index contributed by atoms with van der Waals surface area (Å²) < 4.78 is 18.3. The van der Waals surface area contributed by atoms with Gasteiger partial charge in [0.2, 0.25) is 0 Å². The fourth-order valence-electron chi connectivity index (χ4n) is 1.53. The van der Waals surface area contributed by atoms with Gasteiger partial charge in [-0.25, -0.2) is 4.39 Å². The van der Waals surface area contributed by atoms with Crippen molar-refractivity contribution < 1.29 is 18.7 Å². The van der Waals surface area contributed by atoms with Gasteiger partial charge >= 0.3 is 5.97 Å². The molecule has 1 heterocycles. The van der Waals surface area contributed by atoms with Crippen molar-refractivity contribution in [3.05, 3.63) is 48.0 Å². The number of carboxylic acid groups (broad SMARTS) is 1. The summed E-state index contributed by atoms with van der Waals surface area (Å²) >= 11 is 0. The largest absolute Gasteiger partial charge is 0.480 e. The Morgan fingerprint density at radius 1 is 1.22 bits per heavy atom. The maximum atomic E-state index is 12.8. The molecular weight excluding hydrogens is 237 g/mol. The first kappa shape index (κ1) is 12.3. The lowest BCUT2D eigenvalue weighted by Crippen LogP contribution is -2.21. The number of hydrogen-bond donors (Lipinski definition) is 2. The molecule has 0 aliphatic rings. The first-order chi connectivity index (χ1) is 8.65. The summed E-state index contributed by atoms with van der Waals surface area (Å²) in [6.45, 7) is 0.222. The zero-order valence-corrected chi connectivity index (χ0v) is 9.52. The van der Waals surface area contributed by atoms with Crippen molar-refractivity contribution in [2.24, 2.45) is 0 Å². The quantitative estimate of drug-likeness (QED) is 0.853. The highest BCUT2D eigenvalue weighted by Crippen LogP contribution is 2.22. The van der Waals surface area contributed by atoms with E-state index in [9.17, 15) is 9.18 Å². The summed E-state index contributed by atoms with van der Waals surface area (Å²) in [5.41, 5.74) is 0.779. The Hall–Kier alpha value is -2.14. The standard InChI is InChI=1S/C13H12FNO3/c14-10-3-1-9(2-4-10)12-6-5-11(18-12)7-15-8-13(16)17/h1-6,15H,7-8H2,(H,16,17). The molecule has 0 aliphatic heterocycles. The van der Waals surface area contributed by atoms with Crippen LogP contribution in [0.4, 0.5) is 4.39 Å². The molecule has 0 spiro atoms. The van der Waals surface area contributed by atoms with Gasteiger partial charge in [0.25, 0.3) is 0 Å². The number of carbonyl (C=O) groups is 1. The molecule has 0 saturated carbocycles. The monoisotopic (exact) mass is 249 g/mol. The van der Waals surface area contributed by atoms with Crippen molar-refractivity contribution in [3.63, 3.8) is 0 Å². The molecule has 0 unspecified atom stereocenters. The molecule has 1 aromatic heterocycles. The number of aliphatic carboxylic acids is 1. The summed E-state index contributed by atoms with van der Waals surface area (Å²) in [5.74, 6) is 0.0478. The molecule has 2 aromatic rings. The van der Waals surface area contributed by atoms with Gasteiger partial charge in [0, 0.05) is 5.56 Å². The van der Waals surface area contributed by atoms with Crippen LogP contribution < -0.4 is 5.32 Å². The first-order valence-electron chi connectivity index (χ1n) is 5.42. The van der Waals surface area contributed by atoms with E-state index < -0.39 is 5.97 Å². The number of hydrogen-bond acceptors (Lipinski definition) is 3. The topological polar surface area (TPSA) is 62.5 Å². The number of carboxylic acids is 1. The van der Waals surface area contributed by atoms with Crippen molar-refractivity contribution in [1.29, 1.82) is 0 Å². The number of furan rings is 1. The van der Waals surface area contributed by atoms with E-state index in [2.05, 4.69) is 5.32 Å². The van der Waals surface area contributed by atoms with Gasteiger partial charge in [-0.15, -0.1) is 0 Å². The third-order valence-electron chi connectivity index (χ3n) is 2.37. The van der Waals surface area contributed by atoms with E-state index in [-0.39, 0.29) is 12.4 Å². The Balaban J connectivity index is 2.01. The zero-order valence-electron chi connectivity index (χ0n) is 9.52. The minimum atomic E-state index is -0.916. The Bertz CT molecular complexity index is 533. The molecule has 2 N–H and O–H groups in total. The minimum Gasteiger partial charge on any atom is -0.480 e. The van der Waals surface area contributed by atoms with Crippen LogP contribution in [0.3, 0.4) is 0 Å². The van der Waals surface area contributed by atoms with Crippen LogP contribution in [-0.2, 0) is 11.3 Å². The van der Waals surface area contributed by atoms with Crippen LogP contribution in [0, 0.1) is 5.82 Å². The van der Waals surface area contributed by atoms with Gasteiger partial charge in [0.15, 0.2) is 0 Å². The summed E-state index contributed by atoms with van der Waals surface area (Å²) in [7, 11) is 0. The van der Waals surface area contributed by atoms with Gasteiger partial charge in [-0.3, -0.25) is 10.1 Å². The van der Waals surface area contributed by atoms with Crippen LogP contribution in [0.25, 0.3) is 11.3 Å². The molecule has 94 valence electrons. The van der Waals surface area contributed by atoms with E-state index >= 15 is 0 Å². The molecule has 1 aromatic carbocycles. The lowest BCUT2D eigenvalue weighted by Gasteiger charge is -1.99. The normalized spacial score (nSPS) is 10.5. The number of rotatable bonds is 5. The number of nitrogens with one attached hydrogen (secondary N) is 1. The fourth-order valence-corrected chi connectivity index (χ4v) is 1.53. The van der Waals surface area contributed by atoms with Crippen molar-refractivity contribution >= 4 is 5.97 Å². The van der Waals surface area contributed by atoms with E-state index in [0.717, 1.165) is 5.56 Å². The van der Waals surface area contributed by atoms with Gasteiger partial charge in [0.05, 0.1) is 13.1 Å². The maximum Gasteiger partial charge on any atom is 0.317 e. The number of benzene rings is 1. The predicted molar refractivity (Wildman–Crippen MR) is 63.4 cm³/mol. The zero-order chi connectivity index (χ0) is 13.0. The smallest absolute Gasteiger partial charge is 0.317 e. The molecule has 0 amide bonds. The summed E-state index contributed by atoms with van der Waals surface area (Å²) in [4.78, 5) is 10.3. The van der Waals surface area contributed by atoms with Gasteiger partial charge in [-0.2, -0.15) is 0 Å². The summed E-state index contributed by atoms with van der Waals surface area (Å²) in [6, 6.07) is 9.50. The Morgan fingerprint density at radius 2 is 1.94 bits per heavy atom. The average molecular weight is 249 g/mol. The van der Waals surface area contributed by atoms with E-state index in [1.54, 1.807) is 24.3 Å². The molecular formula is C13H12FNO3. The molecule has 18 heavy (non-hydrogen) atoms. The highest BCUT2D eigenvalue weighted by Gasteiger charge is 2.05. The van der Waals surface area contributed by atoms with Gasteiger partial charge in [-0.05, 0) is 36.4 Å². The van der Waals surface area contributed by atoms with E-state index in [1.807, 2.05) is 0 Å². The van der Waals surface area contributed by atoms with Gasteiger partial charge < -0.3 is 9.52 Å². The van der Waals surface area contributed by atoms with Crippen molar-refractivity contribution in [1.82, 2.24) is 5.32 Å². The van der Waals surface area contributed by atoms with Crippen LogP contribution >= 0.6 is 0 Å². The molecule has 0 aliphatic carbocycles. The van der Waals surface area contributed by atoms with Crippen molar-refractivity contribution in [2.45, 2.75) is 6.54 Å². The highest BCUT2D eigenvalue weighted by atomic mass is 19.1. The van der Waals surface area contributed by atoms with Crippen LogP contribution in [-0.4, -0.2) is 17.6 Å². The average Bonchev–Trinajstić information content (AvgIpc) is 2.78. The SMILES string of the molecule is O=C(O)CNCc1ccc(-c2ccc(F)cc2)o1. The lowest BCUT2D eigenvalue weighted by molar-refractivity contribution is -0.136. The third-order valence-corrected chi connectivity index (χ3v) is 2.37. The summed E-state index contributed by atoms with van der Waals surface area (Å²) in [5, 5.41) is 11.2. The Labute approximate surface area is 103 Å². The van der Waals surface area contributed by atoms with E-state index in [0.29, 0.717) is 18.1 Å². The molecule has 5 heteroatoms. The Morgan fingerprint density at radius 3 is 2.61 bits per heavy atom. The molecule has 0 saturated heterocycles. The minimum absolute atomic E-state index is 0.118. The molecule has 0 radical (unpaired) electrons. The van der Waals surface area contributed by atoms with Crippen LogP contribution in [0.15, 0.2) is 40.8 Å². The fraction of sp³-hybridized carbons (Fsp3) is 0.154. The number of halogens is 1. The van der Waals surface area contributed by atoms with E-state index in [4.69, 9.17) is 9.52 Å². The second-order valence-corrected chi connectivity index (χ2v) is 3.77. The molecule has 0 atom stereocenters. The lowest BCUT2D eigenvalue weighted by atomic mass is 10.2. The molecule has 4 nitrogen and oxygen atoms in total. The van der Waals surface area contributed by atoms with Crippen LogP contribution in [0.1, 0.15) is 5.76 Å². The first-order valence-corrected chi connectivity index (χ1v) is 5.42. The molecule has 2 rings (SSSR count). The maximum absolute atomic E-state index is 12.8. The second kappa shape index (κ2) is 5.46. The van der Waals surface area contributed by atoms with E-state index in [1.165, 1.54) is 12.1 Å². The van der Waals surface area contributed by atoms with Crippen LogP contribution in [0.5, 0.6) is 0 Å². The molecule has 0 bridgehead atoms. The summed E-state index contributed by atoms with van der Waals surface area (Å²) in [6.07, 6.45) is 0. The highest BCUT2D eigenvalue weighted by molar-refractivity contribution is 5.69. The Kier molecular flexibility index (Phi) is 3.74. The van der Waals surface area contributed by atoms with Crippen molar-refractivity contribution in [3.8, 4) is 11.3 Å². The second-order valence-electron chi connectivity index (χ2n) is 3.77. The molecule has 0 fully saturated rings. The third kappa shape index (κ3) is 3.18. The van der Waals surface area contributed by atoms with Gasteiger partial charge in [0.1, 0.15) is 17.3 Å². The van der Waals surface area contributed by atoms with Crippen LogP contribution in [0.2, 0.25) is 0 Å². The van der Waals surface area contributed by atoms with Gasteiger partial charge in [-0.1, -0.05) is 0 Å². The van der Waals surface area contributed by atoms with Crippen molar-refractivity contribution in [2.75, 3.05) is 6.54 Å².